The predicted octanol–water partition coefficient (Wildman–Crippen LogP) is 2.89. The lowest BCUT2D eigenvalue weighted by molar-refractivity contribution is 0.0924. The molecule has 0 aromatic carbocycles. The van der Waals surface area contributed by atoms with Gasteiger partial charge in [-0.2, -0.15) is 0 Å². The molecule has 0 spiro atoms. The summed E-state index contributed by atoms with van der Waals surface area (Å²) in [5.41, 5.74) is 0.559. The van der Waals surface area contributed by atoms with Gasteiger partial charge in [0.1, 0.15) is 5.69 Å². The van der Waals surface area contributed by atoms with E-state index < -0.39 is 0 Å². The molecular formula is C11H15BrN2OS. The lowest BCUT2D eigenvalue weighted by Gasteiger charge is -2.25. The fourth-order valence-corrected chi connectivity index (χ4v) is 3.05. The molecule has 16 heavy (non-hydrogen) atoms. The smallest absolute Gasteiger partial charge is 0.270 e. The molecule has 0 atom stereocenters. The largest absolute Gasteiger partial charge is 0.348 e. The van der Waals surface area contributed by atoms with E-state index in [2.05, 4.69) is 26.2 Å². The van der Waals surface area contributed by atoms with E-state index in [9.17, 15) is 4.79 Å². The first-order valence-electron chi connectivity index (χ1n) is 5.52. The Kier molecular flexibility index (Phi) is 3.97. The highest BCUT2D eigenvalue weighted by atomic mass is 79.9. The molecule has 1 amide bonds. The topological polar surface area (TPSA) is 42.0 Å². The normalized spacial score (nSPS) is 25.4. The molecule has 88 valence electrons. The second kappa shape index (κ2) is 5.27. The van der Waals surface area contributed by atoms with Gasteiger partial charge in [-0.15, -0.1) is 11.3 Å². The number of hydrogen-bond acceptors (Lipinski definition) is 3. The van der Waals surface area contributed by atoms with Crippen molar-refractivity contribution >= 4 is 33.2 Å². The van der Waals surface area contributed by atoms with Crippen molar-refractivity contribution < 1.29 is 4.79 Å². The van der Waals surface area contributed by atoms with Crippen LogP contribution >= 0.6 is 27.3 Å². The maximum Gasteiger partial charge on any atom is 0.270 e. The molecule has 1 aromatic heterocycles. The lowest BCUT2D eigenvalue weighted by atomic mass is 9.95. The Hall–Kier alpha value is -0.420. The summed E-state index contributed by atoms with van der Waals surface area (Å²) in [4.78, 5) is 16.6. The summed E-state index contributed by atoms with van der Waals surface area (Å²) >= 11 is 5.12. The van der Waals surface area contributed by atoms with Crippen LogP contribution in [0.3, 0.4) is 0 Å². The van der Waals surface area contributed by atoms with Gasteiger partial charge >= 0.3 is 0 Å². The molecule has 0 aliphatic heterocycles. The Morgan fingerprint density at radius 2 is 2.19 bits per heavy atom. The van der Waals surface area contributed by atoms with Crippen molar-refractivity contribution in [3.63, 3.8) is 0 Å². The number of halogens is 1. The summed E-state index contributed by atoms with van der Waals surface area (Å²) in [6.07, 6.45) is 4.40. The number of carbonyl (C=O) groups is 1. The van der Waals surface area contributed by atoms with Gasteiger partial charge in [0.2, 0.25) is 0 Å². The SMILES string of the molecule is Cc1nc(C(=O)NC2CCC(Br)CC2)cs1. The first-order chi connectivity index (χ1) is 7.65. The molecule has 1 heterocycles. The zero-order chi connectivity index (χ0) is 11.5. The number of thiazole rings is 1. The molecule has 2 rings (SSSR count). The quantitative estimate of drug-likeness (QED) is 0.854. The van der Waals surface area contributed by atoms with Gasteiger partial charge < -0.3 is 5.32 Å². The number of carbonyl (C=O) groups excluding carboxylic acids is 1. The highest BCUT2D eigenvalue weighted by molar-refractivity contribution is 9.09. The van der Waals surface area contributed by atoms with Crippen LogP contribution < -0.4 is 5.32 Å². The van der Waals surface area contributed by atoms with Crippen LogP contribution in [0.2, 0.25) is 0 Å². The molecule has 0 bridgehead atoms. The Morgan fingerprint density at radius 1 is 1.50 bits per heavy atom. The van der Waals surface area contributed by atoms with Crippen molar-refractivity contribution in [3.05, 3.63) is 16.1 Å². The molecule has 5 heteroatoms. The summed E-state index contributed by atoms with van der Waals surface area (Å²) in [6.45, 7) is 1.91. The second-order valence-electron chi connectivity index (χ2n) is 4.17. The third-order valence-corrected chi connectivity index (χ3v) is 4.53. The zero-order valence-corrected chi connectivity index (χ0v) is 11.6. The van der Waals surface area contributed by atoms with Crippen LogP contribution in [-0.4, -0.2) is 21.8 Å². The fourth-order valence-electron chi connectivity index (χ4n) is 1.92. The van der Waals surface area contributed by atoms with Crippen LogP contribution in [0.15, 0.2) is 5.38 Å². The van der Waals surface area contributed by atoms with Gasteiger partial charge in [0.25, 0.3) is 5.91 Å². The van der Waals surface area contributed by atoms with E-state index in [-0.39, 0.29) is 5.91 Å². The molecule has 1 aliphatic rings. The average molecular weight is 303 g/mol. The Labute approximate surface area is 108 Å². The third-order valence-electron chi connectivity index (χ3n) is 2.84. The third kappa shape index (κ3) is 3.04. The van der Waals surface area contributed by atoms with E-state index in [0.717, 1.165) is 30.7 Å². The standard InChI is InChI=1S/C11H15BrN2OS/c1-7-13-10(6-16-7)11(15)14-9-4-2-8(12)3-5-9/h6,8-9H,2-5H2,1H3,(H,14,15). The van der Waals surface area contributed by atoms with Gasteiger partial charge in [0, 0.05) is 16.2 Å². The van der Waals surface area contributed by atoms with E-state index in [1.54, 1.807) is 0 Å². The minimum absolute atomic E-state index is 0.0256. The summed E-state index contributed by atoms with van der Waals surface area (Å²) in [6, 6.07) is 0.323. The first kappa shape index (κ1) is 12.0. The molecule has 0 saturated heterocycles. The Bertz CT molecular complexity index is 372. The van der Waals surface area contributed by atoms with Gasteiger partial charge in [-0.05, 0) is 32.6 Å². The number of nitrogens with zero attached hydrogens (tertiary/aromatic N) is 1. The number of rotatable bonds is 2. The van der Waals surface area contributed by atoms with Gasteiger partial charge in [0.15, 0.2) is 0 Å². The lowest BCUT2D eigenvalue weighted by Crippen LogP contribution is -2.37. The minimum atomic E-state index is -0.0256. The average Bonchev–Trinajstić information content (AvgIpc) is 2.68. The van der Waals surface area contributed by atoms with Crippen LogP contribution in [0.1, 0.15) is 41.2 Å². The molecule has 0 radical (unpaired) electrons. The zero-order valence-electron chi connectivity index (χ0n) is 9.20. The van der Waals surface area contributed by atoms with Crippen LogP contribution in [0.4, 0.5) is 0 Å². The monoisotopic (exact) mass is 302 g/mol. The molecular weight excluding hydrogens is 288 g/mol. The van der Waals surface area contributed by atoms with Crippen molar-refractivity contribution in [2.45, 2.75) is 43.5 Å². The maximum absolute atomic E-state index is 11.8. The summed E-state index contributed by atoms with van der Waals surface area (Å²) < 4.78 is 0. The van der Waals surface area contributed by atoms with Crippen molar-refractivity contribution in [3.8, 4) is 0 Å². The van der Waals surface area contributed by atoms with Gasteiger partial charge in [-0.3, -0.25) is 4.79 Å². The highest BCUT2D eigenvalue weighted by Crippen LogP contribution is 2.24. The van der Waals surface area contributed by atoms with Crippen LogP contribution in [0.25, 0.3) is 0 Å². The Morgan fingerprint density at radius 3 is 2.75 bits per heavy atom. The van der Waals surface area contributed by atoms with E-state index in [1.807, 2.05) is 12.3 Å². The number of hydrogen-bond donors (Lipinski definition) is 1. The molecule has 3 nitrogen and oxygen atoms in total. The van der Waals surface area contributed by atoms with E-state index in [0.29, 0.717) is 16.6 Å². The molecule has 1 aromatic rings. The number of amides is 1. The van der Waals surface area contributed by atoms with Gasteiger partial charge in [-0.25, -0.2) is 4.98 Å². The fraction of sp³-hybridized carbons (Fsp3) is 0.636. The van der Waals surface area contributed by atoms with Crippen molar-refractivity contribution in [2.75, 3.05) is 0 Å². The number of nitrogens with one attached hydrogen (secondary N) is 1. The predicted molar refractivity (Wildman–Crippen MR) is 69.3 cm³/mol. The van der Waals surface area contributed by atoms with E-state index in [1.165, 1.54) is 11.3 Å². The molecule has 1 N–H and O–H groups in total. The van der Waals surface area contributed by atoms with Crippen LogP contribution in [-0.2, 0) is 0 Å². The Balaban J connectivity index is 1.88. The molecule has 1 fully saturated rings. The molecule has 1 aliphatic carbocycles. The van der Waals surface area contributed by atoms with E-state index in [4.69, 9.17) is 0 Å². The van der Waals surface area contributed by atoms with Crippen LogP contribution in [0, 0.1) is 6.92 Å². The summed E-state index contributed by atoms with van der Waals surface area (Å²) in [5, 5.41) is 5.81. The number of aromatic nitrogens is 1. The van der Waals surface area contributed by atoms with Gasteiger partial charge in [0.05, 0.1) is 5.01 Å². The number of aryl methyl sites for hydroxylation is 1. The maximum atomic E-state index is 11.8. The summed E-state index contributed by atoms with van der Waals surface area (Å²) in [5.74, 6) is -0.0256. The van der Waals surface area contributed by atoms with Crippen molar-refractivity contribution in [1.29, 1.82) is 0 Å². The second-order valence-corrected chi connectivity index (χ2v) is 6.53. The van der Waals surface area contributed by atoms with E-state index >= 15 is 0 Å². The summed E-state index contributed by atoms with van der Waals surface area (Å²) in [7, 11) is 0. The van der Waals surface area contributed by atoms with Crippen molar-refractivity contribution in [2.24, 2.45) is 0 Å². The molecule has 1 saturated carbocycles. The van der Waals surface area contributed by atoms with Crippen LogP contribution in [0.5, 0.6) is 0 Å². The highest BCUT2D eigenvalue weighted by Gasteiger charge is 2.21. The van der Waals surface area contributed by atoms with Gasteiger partial charge in [-0.1, -0.05) is 15.9 Å². The minimum Gasteiger partial charge on any atom is -0.348 e. The number of alkyl halides is 1. The molecule has 0 unspecified atom stereocenters. The first-order valence-corrected chi connectivity index (χ1v) is 7.32. The van der Waals surface area contributed by atoms with Crippen molar-refractivity contribution in [1.82, 2.24) is 10.3 Å².